The van der Waals surface area contributed by atoms with Gasteiger partial charge >= 0.3 is 0 Å². The number of nitrogen functional groups attached to an aromatic ring is 1. The highest BCUT2D eigenvalue weighted by Crippen LogP contribution is 2.13. The second-order valence-corrected chi connectivity index (χ2v) is 5.57. The minimum atomic E-state index is -0.00990. The number of carbonyl (C=O) groups is 1. The number of piperidine rings is 1. The van der Waals surface area contributed by atoms with E-state index in [-0.39, 0.29) is 30.7 Å². The number of likely N-dealkylation sites (tertiary alicyclic amines) is 1. The zero-order valence-corrected chi connectivity index (χ0v) is 14.7. The van der Waals surface area contributed by atoms with E-state index in [9.17, 15) is 4.79 Å². The van der Waals surface area contributed by atoms with Crippen molar-refractivity contribution in [2.75, 3.05) is 25.4 Å². The first-order valence-corrected chi connectivity index (χ1v) is 7.58. The number of halogens is 2. The van der Waals surface area contributed by atoms with E-state index in [0.717, 1.165) is 25.9 Å². The second kappa shape index (κ2) is 10.7. The highest BCUT2D eigenvalue weighted by atomic mass is 35.5. The molecule has 1 aromatic rings. The van der Waals surface area contributed by atoms with Crippen molar-refractivity contribution in [2.45, 2.75) is 38.6 Å². The first kappa shape index (κ1) is 21.0. The molecule has 1 heterocycles. The molecule has 6 heteroatoms. The van der Waals surface area contributed by atoms with Gasteiger partial charge in [-0.1, -0.05) is 19.4 Å². The smallest absolute Gasteiger partial charge is 0.251 e. The lowest BCUT2D eigenvalue weighted by Crippen LogP contribution is -2.44. The van der Waals surface area contributed by atoms with Crippen LogP contribution in [0.2, 0.25) is 0 Å². The number of nitrogens with two attached hydrogens (primary N) is 1. The molecule has 2 rings (SSSR count). The van der Waals surface area contributed by atoms with E-state index in [0.29, 0.717) is 17.3 Å². The van der Waals surface area contributed by atoms with Crippen LogP contribution in [0.5, 0.6) is 0 Å². The molecule has 0 bridgehead atoms. The van der Waals surface area contributed by atoms with E-state index in [1.54, 1.807) is 12.1 Å². The average Bonchev–Trinajstić information content (AvgIpc) is 2.46. The topological polar surface area (TPSA) is 58.4 Å². The van der Waals surface area contributed by atoms with Crippen LogP contribution in [0.15, 0.2) is 24.3 Å². The minimum absolute atomic E-state index is 0. The molecule has 126 valence electrons. The van der Waals surface area contributed by atoms with Gasteiger partial charge in [0, 0.05) is 30.4 Å². The van der Waals surface area contributed by atoms with Gasteiger partial charge < -0.3 is 16.0 Å². The molecule has 0 radical (unpaired) electrons. The Hall–Kier alpha value is -0.970. The standard InChI is InChI=1S/C16H25N3O.2ClH/c1-2-3-9-19-10-7-15(8-11-19)18-16(20)13-5-4-6-14(17)12-13;;/h4-6,12,15H,2-3,7-11,17H2,1H3,(H,18,20);2*1H. The maximum atomic E-state index is 12.1. The van der Waals surface area contributed by atoms with Crippen molar-refractivity contribution >= 4 is 36.4 Å². The molecular formula is C16H27Cl2N3O. The molecule has 0 spiro atoms. The molecule has 0 aliphatic carbocycles. The summed E-state index contributed by atoms with van der Waals surface area (Å²) in [6.07, 6.45) is 4.59. The van der Waals surface area contributed by atoms with Gasteiger partial charge in [-0.3, -0.25) is 4.79 Å². The van der Waals surface area contributed by atoms with Gasteiger partial charge in [0.1, 0.15) is 0 Å². The monoisotopic (exact) mass is 347 g/mol. The Bertz CT molecular complexity index is 449. The number of nitrogens with zero attached hydrogens (tertiary/aromatic N) is 1. The van der Waals surface area contributed by atoms with Crippen LogP contribution in [0.4, 0.5) is 5.69 Å². The van der Waals surface area contributed by atoms with Gasteiger partial charge in [-0.25, -0.2) is 0 Å². The SMILES string of the molecule is CCCCN1CCC(NC(=O)c2cccc(N)c2)CC1.Cl.Cl. The van der Waals surface area contributed by atoms with Crippen LogP contribution in [0.3, 0.4) is 0 Å². The van der Waals surface area contributed by atoms with E-state index < -0.39 is 0 Å². The van der Waals surface area contributed by atoms with Gasteiger partial charge in [0.2, 0.25) is 0 Å². The van der Waals surface area contributed by atoms with Crippen LogP contribution in [-0.2, 0) is 0 Å². The molecule has 1 aromatic carbocycles. The largest absolute Gasteiger partial charge is 0.399 e. The Balaban J connectivity index is 0.00000220. The molecule has 1 fully saturated rings. The lowest BCUT2D eigenvalue weighted by molar-refractivity contribution is 0.0911. The van der Waals surface area contributed by atoms with E-state index in [2.05, 4.69) is 17.1 Å². The quantitative estimate of drug-likeness (QED) is 0.804. The zero-order chi connectivity index (χ0) is 14.4. The van der Waals surface area contributed by atoms with Crippen molar-refractivity contribution in [2.24, 2.45) is 0 Å². The number of nitrogens with one attached hydrogen (secondary N) is 1. The summed E-state index contributed by atoms with van der Waals surface area (Å²) in [4.78, 5) is 14.6. The van der Waals surface area contributed by atoms with Crippen molar-refractivity contribution in [3.63, 3.8) is 0 Å². The summed E-state index contributed by atoms with van der Waals surface area (Å²) in [5.41, 5.74) is 6.99. The van der Waals surface area contributed by atoms with E-state index >= 15 is 0 Å². The number of anilines is 1. The van der Waals surface area contributed by atoms with Crippen LogP contribution in [-0.4, -0.2) is 36.5 Å². The van der Waals surface area contributed by atoms with E-state index in [1.165, 1.54) is 19.4 Å². The van der Waals surface area contributed by atoms with Crippen molar-refractivity contribution < 1.29 is 4.79 Å². The molecule has 1 saturated heterocycles. The number of rotatable bonds is 5. The summed E-state index contributed by atoms with van der Waals surface area (Å²) in [5.74, 6) is -0.00990. The number of amides is 1. The summed E-state index contributed by atoms with van der Waals surface area (Å²) in [5, 5.41) is 3.12. The number of carbonyl (C=O) groups excluding carboxylic acids is 1. The Morgan fingerprint density at radius 2 is 2.00 bits per heavy atom. The molecule has 0 aromatic heterocycles. The van der Waals surface area contributed by atoms with Gasteiger partial charge in [-0.2, -0.15) is 0 Å². The molecule has 22 heavy (non-hydrogen) atoms. The predicted molar refractivity (Wildman–Crippen MR) is 97.2 cm³/mol. The van der Waals surface area contributed by atoms with Crippen molar-refractivity contribution in [3.05, 3.63) is 29.8 Å². The third kappa shape index (κ3) is 6.42. The summed E-state index contributed by atoms with van der Waals surface area (Å²) < 4.78 is 0. The summed E-state index contributed by atoms with van der Waals surface area (Å²) in [6.45, 7) is 5.58. The van der Waals surface area contributed by atoms with Gasteiger partial charge in [-0.15, -0.1) is 24.8 Å². The Kier molecular flexibility index (Phi) is 10.2. The molecule has 1 aliphatic heterocycles. The van der Waals surface area contributed by atoms with Gasteiger partial charge in [0.05, 0.1) is 0 Å². The van der Waals surface area contributed by atoms with Crippen LogP contribution < -0.4 is 11.1 Å². The summed E-state index contributed by atoms with van der Waals surface area (Å²) in [7, 11) is 0. The number of unbranched alkanes of at least 4 members (excludes halogenated alkanes) is 1. The highest BCUT2D eigenvalue weighted by molar-refractivity contribution is 5.95. The highest BCUT2D eigenvalue weighted by Gasteiger charge is 2.20. The van der Waals surface area contributed by atoms with E-state index in [4.69, 9.17) is 5.73 Å². The molecule has 3 N–H and O–H groups in total. The second-order valence-electron chi connectivity index (χ2n) is 5.57. The third-order valence-electron chi connectivity index (χ3n) is 3.90. The summed E-state index contributed by atoms with van der Waals surface area (Å²) in [6, 6.07) is 7.44. The molecule has 0 saturated carbocycles. The summed E-state index contributed by atoms with van der Waals surface area (Å²) >= 11 is 0. The first-order valence-electron chi connectivity index (χ1n) is 7.58. The van der Waals surface area contributed by atoms with Crippen LogP contribution >= 0.6 is 24.8 Å². The lowest BCUT2D eigenvalue weighted by atomic mass is 10.0. The Morgan fingerprint density at radius 3 is 2.59 bits per heavy atom. The van der Waals surface area contributed by atoms with Gasteiger partial charge in [-0.05, 0) is 44.0 Å². The van der Waals surface area contributed by atoms with Crippen LogP contribution in [0.1, 0.15) is 43.0 Å². The Morgan fingerprint density at radius 1 is 1.32 bits per heavy atom. The molecule has 4 nitrogen and oxygen atoms in total. The Labute approximate surface area is 145 Å². The molecule has 1 aliphatic rings. The predicted octanol–water partition coefficient (Wildman–Crippen LogP) is 3.11. The first-order chi connectivity index (χ1) is 9.69. The minimum Gasteiger partial charge on any atom is -0.399 e. The van der Waals surface area contributed by atoms with Crippen molar-refractivity contribution in [1.29, 1.82) is 0 Å². The maximum Gasteiger partial charge on any atom is 0.251 e. The zero-order valence-electron chi connectivity index (χ0n) is 13.1. The molecular weight excluding hydrogens is 321 g/mol. The fourth-order valence-corrected chi connectivity index (χ4v) is 2.63. The van der Waals surface area contributed by atoms with Gasteiger partial charge in [0.15, 0.2) is 0 Å². The number of benzene rings is 1. The fraction of sp³-hybridized carbons (Fsp3) is 0.562. The maximum absolute atomic E-state index is 12.1. The van der Waals surface area contributed by atoms with Crippen molar-refractivity contribution in [3.8, 4) is 0 Å². The lowest BCUT2D eigenvalue weighted by Gasteiger charge is -2.32. The normalized spacial score (nSPS) is 15.5. The fourth-order valence-electron chi connectivity index (χ4n) is 2.63. The van der Waals surface area contributed by atoms with E-state index in [1.807, 2.05) is 12.1 Å². The van der Waals surface area contributed by atoms with Crippen molar-refractivity contribution in [1.82, 2.24) is 10.2 Å². The van der Waals surface area contributed by atoms with Gasteiger partial charge in [0.25, 0.3) is 5.91 Å². The molecule has 0 unspecified atom stereocenters. The number of hydrogen-bond donors (Lipinski definition) is 2. The third-order valence-corrected chi connectivity index (χ3v) is 3.90. The molecule has 1 amide bonds. The number of hydrogen-bond acceptors (Lipinski definition) is 3. The van der Waals surface area contributed by atoms with Crippen LogP contribution in [0.25, 0.3) is 0 Å². The molecule has 0 atom stereocenters. The average molecular weight is 348 g/mol. The van der Waals surface area contributed by atoms with Crippen LogP contribution in [0, 0.1) is 0 Å².